The lowest BCUT2D eigenvalue weighted by Crippen LogP contribution is -2.48. The second-order valence-electron chi connectivity index (χ2n) is 4.38. The van der Waals surface area contributed by atoms with Gasteiger partial charge in [0.1, 0.15) is 6.04 Å². The van der Waals surface area contributed by atoms with Crippen molar-refractivity contribution in [2.24, 2.45) is 0 Å². The average molecular weight is 228 g/mol. The van der Waals surface area contributed by atoms with Gasteiger partial charge < -0.3 is 20.4 Å². The summed E-state index contributed by atoms with van der Waals surface area (Å²) in [5, 5.41) is 21.4. The van der Waals surface area contributed by atoms with Crippen molar-refractivity contribution >= 4 is 11.9 Å². The lowest BCUT2D eigenvalue weighted by molar-refractivity contribution is -0.148. The zero-order valence-corrected chi connectivity index (χ0v) is 8.93. The Morgan fingerprint density at radius 1 is 1.38 bits per heavy atom. The number of carboxylic acid groups (broad SMARTS) is 1. The fourth-order valence-corrected chi connectivity index (χ4v) is 2.39. The van der Waals surface area contributed by atoms with Crippen LogP contribution >= 0.6 is 0 Å². The zero-order chi connectivity index (χ0) is 11.7. The lowest BCUT2D eigenvalue weighted by Gasteiger charge is -2.24. The van der Waals surface area contributed by atoms with Gasteiger partial charge in [-0.25, -0.2) is 4.79 Å². The van der Waals surface area contributed by atoms with Crippen molar-refractivity contribution in [1.82, 2.24) is 10.2 Å². The molecule has 2 saturated heterocycles. The normalized spacial score (nSPS) is 34.3. The number of carboxylic acids is 1. The summed E-state index contributed by atoms with van der Waals surface area (Å²) in [5.74, 6) is -1.23. The molecule has 0 aromatic rings. The Balaban J connectivity index is 2.06. The standard InChI is InChI=1S/C10H16N2O4/c13-6-4-8(10(15)16)12(5-6)9(14)7-2-1-3-11-7/h6-8,11,13H,1-5H2,(H,15,16)/t6-,7-,8-/m1/s1. The van der Waals surface area contributed by atoms with Gasteiger partial charge in [-0.2, -0.15) is 0 Å². The van der Waals surface area contributed by atoms with E-state index < -0.39 is 18.1 Å². The van der Waals surface area contributed by atoms with Gasteiger partial charge in [-0.1, -0.05) is 0 Å². The number of nitrogens with one attached hydrogen (secondary N) is 1. The van der Waals surface area contributed by atoms with E-state index in [0.717, 1.165) is 19.4 Å². The third-order valence-corrected chi connectivity index (χ3v) is 3.21. The average Bonchev–Trinajstić information content (AvgIpc) is 2.84. The Labute approximate surface area is 93.2 Å². The monoisotopic (exact) mass is 228 g/mol. The van der Waals surface area contributed by atoms with Gasteiger partial charge in [0.2, 0.25) is 5.91 Å². The molecule has 0 spiro atoms. The van der Waals surface area contributed by atoms with Crippen LogP contribution in [0.25, 0.3) is 0 Å². The first-order valence-electron chi connectivity index (χ1n) is 5.54. The van der Waals surface area contributed by atoms with E-state index in [1.54, 1.807) is 0 Å². The van der Waals surface area contributed by atoms with Crippen LogP contribution in [0.1, 0.15) is 19.3 Å². The molecule has 3 N–H and O–H groups in total. The fraction of sp³-hybridized carbons (Fsp3) is 0.800. The number of aliphatic carboxylic acids is 1. The number of carbonyl (C=O) groups excluding carboxylic acids is 1. The van der Waals surface area contributed by atoms with E-state index in [0.29, 0.717) is 0 Å². The first-order chi connectivity index (χ1) is 7.59. The molecule has 6 nitrogen and oxygen atoms in total. The smallest absolute Gasteiger partial charge is 0.326 e. The predicted molar refractivity (Wildman–Crippen MR) is 54.8 cm³/mol. The molecule has 90 valence electrons. The van der Waals surface area contributed by atoms with Crippen LogP contribution in [-0.4, -0.2) is 58.3 Å². The molecule has 16 heavy (non-hydrogen) atoms. The number of carbonyl (C=O) groups is 2. The van der Waals surface area contributed by atoms with Gasteiger partial charge in [0.25, 0.3) is 0 Å². The third kappa shape index (κ3) is 2.03. The molecule has 0 aliphatic carbocycles. The van der Waals surface area contributed by atoms with Crippen LogP contribution in [0.3, 0.4) is 0 Å². The SMILES string of the molecule is O=C(O)[C@H]1C[C@@H](O)CN1C(=O)[C@H]1CCCN1. The van der Waals surface area contributed by atoms with Crippen molar-refractivity contribution in [3.8, 4) is 0 Å². The molecule has 2 fully saturated rings. The third-order valence-electron chi connectivity index (χ3n) is 3.21. The van der Waals surface area contributed by atoms with Crippen molar-refractivity contribution in [3.63, 3.8) is 0 Å². The number of aliphatic hydroxyl groups excluding tert-OH is 1. The highest BCUT2D eigenvalue weighted by Crippen LogP contribution is 2.21. The summed E-state index contributed by atoms with van der Waals surface area (Å²) in [4.78, 5) is 24.2. The highest BCUT2D eigenvalue weighted by Gasteiger charge is 2.41. The molecule has 2 aliphatic rings. The topological polar surface area (TPSA) is 89.9 Å². The van der Waals surface area contributed by atoms with Crippen LogP contribution in [0.4, 0.5) is 0 Å². The minimum absolute atomic E-state index is 0.133. The van der Waals surface area contributed by atoms with Crippen molar-refractivity contribution in [2.45, 2.75) is 37.5 Å². The molecule has 0 saturated carbocycles. The molecular formula is C10H16N2O4. The number of hydrogen-bond acceptors (Lipinski definition) is 4. The Morgan fingerprint density at radius 2 is 2.12 bits per heavy atom. The summed E-state index contributed by atoms with van der Waals surface area (Å²) in [6.45, 7) is 0.929. The van der Waals surface area contributed by atoms with Gasteiger partial charge in [0.15, 0.2) is 0 Å². The fourth-order valence-electron chi connectivity index (χ4n) is 2.39. The number of β-amino-alcohol motifs (C(OH)–C–C–N with tert-alkyl or cyclic N) is 1. The maximum Gasteiger partial charge on any atom is 0.326 e. The van der Waals surface area contributed by atoms with Gasteiger partial charge in [-0.3, -0.25) is 4.79 Å². The summed E-state index contributed by atoms with van der Waals surface area (Å²) >= 11 is 0. The van der Waals surface area contributed by atoms with Crippen LogP contribution in [0, 0.1) is 0 Å². The van der Waals surface area contributed by atoms with Crippen molar-refractivity contribution < 1.29 is 19.8 Å². The largest absolute Gasteiger partial charge is 0.480 e. The van der Waals surface area contributed by atoms with E-state index >= 15 is 0 Å². The number of nitrogens with zero attached hydrogens (tertiary/aromatic N) is 1. The molecule has 0 aromatic heterocycles. The predicted octanol–water partition coefficient (Wildman–Crippen LogP) is -1.22. The van der Waals surface area contributed by atoms with E-state index in [4.69, 9.17) is 5.11 Å². The molecule has 3 atom stereocenters. The Hall–Kier alpha value is -1.14. The molecule has 2 rings (SSSR count). The summed E-state index contributed by atoms with van der Waals surface area (Å²) in [5.41, 5.74) is 0. The molecular weight excluding hydrogens is 212 g/mol. The quantitative estimate of drug-likeness (QED) is 0.551. The van der Waals surface area contributed by atoms with Crippen LogP contribution in [0.5, 0.6) is 0 Å². The van der Waals surface area contributed by atoms with E-state index in [9.17, 15) is 14.7 Å². The molecule has 0 bridgehead atoms. The van der Waals surface area contributed by atoms with Gasteiger partial charge in [-0.15, -0.1) is 0 Å². The summed E-state index contributed by atoms with van der Waals surface area (Å²) in [6, 6.07) is -1.14. The Morgan fingerprint density at radius 3 is 2.69 bits per heavy atom. The molecule has 1 amide bonds. The van der Waals surface area contributed by atoms with E-state index in [-0.39, 0.29) is 24.9 Å². The number of aliphatic hydroxyl groups is 1. The van der Waals surface area contributed by atoms with Gasteiger partial charge in [-0.05, 0) is 19.4 Å². The molecule has 0 radical (unpaired) electrons. The summed E-state index contributed by atoms with van der Waals surface area (Å²) in [7, 11) is 0. The summed E-state index contributed by atoms with van der Waals surface area (Å²) in [6.07, 6.45) is 1.10. The highest BCUT2D eigenvalue weighted by molar-refractivity contribution is 5.87. The van der Waals surface area contributed by atoms with E-state index in [1.165, 1.54) is 4.90 Å². The minimum atomic E-state index is -1.04. The van der Waals surface area contributed by atoms with E-state index in [1.807, 2.05) is 0 Å². The second kappa shape index (κ2) is 4.39. The zero-order valence-electron chi connectivity index (χ0n) is 8.93. The first-order valence-corrected chi connectivity index (χ1v) is 5.54. The lowest BCUT2D eigenvalue weighted by atomic mass is 10.1. The number of rotatable bonds is 2. The molecule has 6 heteroatoms. The van der Waals surface area contributed by atoms with E-state index in [2.05, 4.69) is 5.32 Å². The molecule has 0 aromatic carbocycles. The Kier molecular flexibility index (Phi) is 3.11. The van der Waals surface area contributed by atoms with Gasteiger partial charge in [0, 0.05) is 13.0 Å². The Bertz CT molecular complexity index is 301. The van der Waals surface area contributed by atoms with Crippen molar-refractivity contribution in [2.75, 3.05) is 13.1 Å². The summed E-state index contributed by atoms with van der Waals surface area (Å²) < 4.78 is 0. The number of hydrogen-bond donors (Lipinski definition) is 3. The van der Waals surface area contributed by atoms with Crippen LogP contribution in [0.15, 0.2) is 0 Å². The van der Waals surface area contributed by atoms with Gasteiger partial charge in [0.05, 0.1) is 12.1 Å². The van der Waals surface area contributed by atoms with Gasteiger partial charge >= 0.3 is 5.97 Å². The van der Waals surface area contributed by atoms with Crippen LogP contribution in [-0.2, 0) is 9.59 Å². The second-order valence-corrected chi connectivity index (χ2v) is 4.38. The molecule has 2 aliphatic heterocycles. The van der Waals surface area contributed by atoms with Crippen molar-refractivity contribution in [1.29, 1.82) is 0 Å². The maximum absolute atomic E-state index is 12.0. The number of likely N-dealkylation sites (tertiary alicyclic amines) is 1. The molecule has 2 heterocycles. The van der Waals surface area contributed by atoms with Crippen LogP contribution < -0.4 is 5.32 Å². The first kappa shape index (κ1) is 11.3. The minimum Gasteiger partial charge on any atom is -0.480 e. The van der Waals surface area contributed by atoms with Crippen molar-refractivity contribution in [3.05, 3.63) is 0 Å². The number of amides is 1. The molecule has 0 unspecified atom stereocenters. The van der Waals surface area contributed by atoms with Crippen LogP contribution in [0.2, 0.25) is 0 Å². The highest BCUT2D eigenvalue weighted by atomic mass is 16.4. The maximum atomic E-state index is 12.0.